The highest BCUT2D eigenvalue weighted by Gasteiger charge is 2.39. The van der Waals surface area contributed by atoms with Crippen molar-refractivity contribution >= 4 is 17.3 Å². The number of rotatable bonds is 0. The fraction of sp³-hybridized carbons (Fsp3) is 0.500. The summed E-state index contributed by atoms with van der Waals surface area (Å²) >= 11 is 5.94. The van der Waals surface area contributed by atoms with Gasteiger partial charge in [0.25, 0.3) is 0 Å². The lowest BCUT2D eigenvalue weighted by molar-refractivity contribution is -0.139. The molecule has 1 aromatic carbocycles. The molecule has 0 spiro atoms. The van der Waals surface area contributed by atoms with E-state index in [0.717, 1.165) is 0 Å². The average molecular weight is 266 g/mol. The van der Waals surface area contributed by atoms with Crippen molar-refractivity contribution in [3.8, 4) is 0 Å². The number of hydrogen-bond donors (Lipinski definition) is 1. The predicted molar refractivity (Wildman–Crippen MR) is 64.3 cm³/mol. The van der Waals surface area contributed by atoms with Gasteiger partial charge in [-0.2, -0.15) is 13.2 Å². The number of nitrogen functional groups attached to an aromatic ring is 1. The molecule has 0 aliphatic heterocycles. The lowest BCUT2D eigenvalue weighted by Crippen LogP contribution is -2.22. The minimum Gasteiger partial charge on any atom is -0.398 e. The first kappa shape index (κ1) is 14.2. The Bertz CT molecular complexity index is 445. The molecule has 0 aliphatic rings. The fourth-order valence-corrected chi connectivity index (χ4v) is 2.32. The Balaban J connectivity index is 3.76. The van der Waals surface area contributed by atoms with E-state index in [1.807, 2.05) is 0 Å². The van der Waals surface area contributed by atoms with Crippen LogP contribution in [0, 0.1) is 6.92 Å². The van der Waals surface area contributed by atoms with Gasteiger partial charge in [0.05, 0.1) is 16.3 Å². The van der Waals surface area contributed by atoms with Gasteiger partial charge in [0.2, 0.25) is 0 Å². The Morgan fingerprint density at radius 3 is 1.94 bits per heavy atom. The predicted octanol–water partition coefficient (Wildman–Crippen LogP) is 4.55. The number of halogens is 4. The van der Waals surface area contributed by atoms with Gasteiger partial charge in [-0.3, -0.25) is 0 Å². The van der Waals surface area contributed by atoms with Crippen LogP contribution in [0.4, 0.5) is 18.9 Å². The van der Waals surface area contributed by atoms with Crippen LogP contribution in [0.5, 0.6) is 0 Å². The Labute approximate surface area is 104 Å². The summed E-state index contributed by atoms with van der Waals surface area (Å²) in [4.78, 5) is 0. The molecule has 96 valence electrons. The van der Waals surface area contributed by atoms with E-state index in [-0.39, 0.29) is 21.8 Å². The highest BCUT2D eigenvalue weighted by atomic mass is 35.5. The molecule has 2 N–H and O–H groups in total. The lowest BCUT2D eigenvalue weighted by atomic mass is 9.81. The van der Waals surface area contributed by atoms with Crippen molar-refractivity contribution in [3.63, 3.8) is 0 Å². The van der Waals surface area contributed by atoms with Gasteiger partial charge in [0.1, 0.15) is 0 Å². The zero-order valence-corrected chi connectivity index (χ0v) is 10.9. The summed E-state index contributed by atoms with van der Waals surface area (Å²) in [6.07, 6.45) is -4.43. The van der Waals surface area contributed by atoms with Gasteiger partial charge in [0, 0.05) is 0 Å². The number of aryl methyl sites for hydroxylation is 1. The summed E-state index contributed by atoms with van der Waals surface area (Å²) < 4.78 is 39.2. The molecule has 0 aromatic heterocycles. The van der Waals surface area contributed by atoms with Gasteiger partial charge in [-0.25, -0.2) is 0 Å². The largest absolute Gasteiger partial charge is 0.417 e. The zero-order chi connectivity index (χ0) is 13.6. The average Bonchev–Trinajstić information content (AvgIpc) is 2.06. The first-order valence-corrected chi connectivity index (χ1v) is 5.50. The third kappa shape index (κ3) is 2.68. The SMILES string of the molecule is Cc1cc(N)c(Cl)c(C(C)(C)C)c1C(F)(F)F. The van der Waals surface area contributed by atoms with E-state index in [4.69, 9.17) is 17.3 Å². The quantitative estimate of drug-likeness (QED) is 0.685. The normalized spacial score (nSPS) is 12.9. The molecule has 0 saturated heterocycles. The Kier molecular flexibility index (Phi) is 3.41. The molecule has 0 fully saturated rings. The van der Waals surface area contributed by atoms with Crippen LogP contribution in [0.15, 0.2) is 6.07 Å². The Morgan fingerprint density at radius 1 is 1.12 bits per heavy atom. The van der Waals surface area contributed by atoms with Crippen molar-refractivity contribution in [1.29, 1.82) is 0 Å². The first-order chi connectivity index (χ1) is 7.46. The fourth-order valence-electron chi connectivity index (χ4n) is 1.89. The summed E-state index contributed by atoms with van der Waals surface area (Å²) in [5.74, 6) is 0. The molecule has 17 heavy (non-hydrogen) atoms. The van der Waals surface area contributed by atoms with E-state index in [9.17, 15) is 13.2 Å². The lowest BCUT2D eigenvalue weighted by Gasteiger charge is -2.27. The standard InChI is InChI=1S/C12H15ClF3N/c1-6-5-7(17)10(13)9(11(2,3)4)8(6)12(14,15)16/h5H,17H2,1-4H3. The number of nitrogens with two attached hydrogens (primary N) is 1. The zero-order valence-electron chi connectivity index (χ0n) is 10.2. The van der Waals surface area contributed by atoms with Crippen molar-refractivity contribution in [2.45, 2.75) is 39.3 Å². The van der Waals surface area contributed by atoms with E-state index in [1.54, 1.807) is 20.8 Å². The van der Waals surface area contributed by atoms with Gasteiger partial charge in [0.15, 0.2) is 0 Å². The van der Waals surface area contributed by atoms with Gasteiger partial charge in [-0.05, 0) is 29.5 Å². The third-order valence-electron chi connectivity index (χ3n) is 2.52. The van der Waals surface area contributed by atoms with Crippen LogP contribution in [0.1, 0.15) is 37.5 Å². The smallest absolute Gasteiger partial charge is 0.398 e. The first-order valence-electron chi connectivity index (χ1n) is 5.12. The molecule has 0 bridgehead atoms. The van der Waals surface area contributed by atoms with E-state index >= 15 is 0 Å². The number of benzene rings is 1. The van der Waals surface area contributed by atoms with Gasteiger partial charge in [-0.1, -0.05) is 32.4 Å². The van der Waals surface area contributed by atoms with E-state index in [1.165, 1.54) is 13.0 Å². The second-order valence-corrected chi connectivity index (χ2v) is 5.47. The maximum Gasteiger partial charge on any atom is 0.417 e. The minimum atomic E-state index is -4.43. The summed E-state index contributed by atoms with van der Waals surface area (Å²) in [7, 11) is 0. The van der Waals surface area contributed by atoms with Crippen molar-refractivity contribution in [3.05, 3.63) is 27.8 Å². The van der Waals surface area contributed by atoms with Gasteiger partial charge >= 0.3 is 6.18 Å². The molecule has 0 radical (unpaired) electrons. The highest BCUT2D eigenvalue weighted by Crippen LogP contribution is 2.44. The van der Waals surface area contributed by atoms with Crippen molar-refractivity contribution in [2.75, 3.05) is 5.73 Å². The molecule has 0 aliphatic carbocycles. The van der Waals surface area contributed by atoms with Crippen molar-refractivity contribution in [1.82, 2.24) is 0 Å². The van der Waals surface area contributed by atoms with E-state index < -0.39 is 17.2 Å². The van der Waals surface area contributed by atoms with Crippen LogP contribution in [-0.4, -0.2) is 0 Å². The minimum absolute atomic E-state index is 0.00424. The topological polar surface area (TPSA) is 26.0 Å². The molecule has 0 atom stereocenters. The third-order valence-corrected chi connectivity index (χ3v) is 2.93. The van der Waals surface area contributed by atoms with E-state index in [2.05, 4.69) is 0 Å². The second-order valence-electron chi connectivity index (χ2n) is 5.09. The van der Waals surface area contributed by atoms with Crippen LogP contribution in [0.25, 0.3) is 0 Å². The van der Waals surface area contributed by atoms with Crippen LogP contribution in [-0.2, 0) is 11.6 Å². The van der Waals surface area contributed by atoms with Crippen molar-refractivity contribution < 1.29 is 13.2 Å². The number of hydrogen-bond acceptors (Lipinski definition) is 1. The summed E-state index contributed by atoms with van der Waals surface area (Å²) in [6, 6.07) is 1.26. The van der Waals surface area contributed by atoms with Crippen LogP contribution >= 0.6 is 11.6 Å². The van der Waals surface area contributed by atoms with Crippen LogP contribution in [0.3, 0.4) is 0 Å². The van der Waals surface area contributed by atoms with Crippen LogP contribution < -0.4 is 5.73 Å². The molecule has 1 nitrogen and oxygen atoms in total. The maximum atomic E-state index is 13.1. The number of alkyl halides is 3. The molecular formula is C12H15ClF3N. The molecule has 1 aromatic rings. The molecule has 5 heteroatoms. The van der Waals surface area contributed by atoms with E-state index in [0.29, 0.717) is 0 Å². The summed E-state index contributed by atoms with van der Waals surface area (Å²) in [6.45, 7) is 6.44. The van der Waals surface area contributed by atoms with Crippen molar-refractivity contribution in [2.24, 2.45) is 0 Å². The molecule has 0 saturated carbocycles. The van der Waals surface area contributed by atoms with Crippen LogP contribution in [0.2, 0.25) is 5.02 Å². The second kappa shape index (κ2) is 4.09. The maximum absolute atomic E-state index is 13.1. The summed E-state index contributed by atoms with van der Waals surface area (Å²) in [5, 5.41) is -0.00424. The highest BCUT2D eigenvalue weighted by molar-refractivity contribution is 6.34. The van der Waals surface area contributed by atoms with Gasteiger partial charge < -0.3 is 5.73 Å². The Hall–Kier alpha value is -0.900. The molecule has 0 amide bonds. The Morgan fingerprint density at radius 2 is 1.59 bits per heavy atom. The molecular weight excluding hydrogens is 251 g/mol. The molecule has 0 heterocycles. The van der Waals surface area contributed by atoms with Gasteiger partial charge in [-0.15, -0.1) is 0 Å². The number of anilines is 1. The molecule has 0 unspecified atom stereocenters. The monoisotopic (exact) mass is 265 g/mol. The summed E-state index contributed by atoms with van der Waals surface area (Å²) in [5.41, 5.74) is 4.58. The molecule has 1 rings (SSSR count).